The lowest BCUT2D eigenvalue weighted by atomic mass is 10.2. The Morgan fingerprint density at radius 2 is 1.00 bits per heavy atom. The van der Waals surface area contributed by atoms with E-state index in [4.69, 9.17) is 25.5 Å². The number of benzene rings is 1. The third-order valence-electron chi connectivity index (χ3n) is 1.40. The van der Waals surface area contributed by atoms with E-state index in [1.54, 1.807) is 0 Å². The number of halogens is 1. The van der Waals surface area contributed by atoms with E-state index in [1.807, 2.05) is 0 Å². The molecule has 0 saturated carbocycles. The number of phenolic OH excluding ortho intramolecular Hbond substituents is 5. The summed E-state index contributed by atoms with van der Waals surface area (Å²) in [5.74, 6) is -5.13. The van der Waals surface area contributed by atoms with Gasteiger partial charge in [-0.3, -0.25) is 0 Å². The highest BCUT2D eigenvalue weighted by molar-refractivity contribution is 14.1. The minimum Gasteiger partial charge on any atom is -0.502 e. The van der Waals surface area contributed by atoms with Gasteiger partial charge in [0.1, 0.15) is 0 Å². The third-order valence-corrected chi connectivity index (χ3v) is 1.84. The summed E-state index contributed by atoms with van der Waals surface area (Å²) in [7, 11) is 0. The van der Waals surface area contributed by atoms with Gasteiger partial charge >= 0.3 is 0 Å². The van der Waals surface area contributed by atoms with Gasteiger partial charge in [0.25, 0.3) is 0 Å². The van der Waals surface area contributed by atoms with Crippen LogP contribution in [0.25, 0.3) is 0 Å². The van der Waals surface area contributed by atoms with Crippen LogP contribution in [0, 0.1) is 0 Å². The van der Waals surface area contributed by atoms with E-state index in [-0.39, 0.29) is 0 Å². The molecule has 0 aliphatic rings. The van der Waals surface area contributed by atoms with Crippen LogP contribution in [-0.4, -0.2) is 25.5 Å². The molecule has 1 aromatic rings. The van der Waals surface area contributed by atoms with Crippen LogP contribution in [0.2, 0.25) is 0 Å². The van der Waals surface area contributed by atoms with Gasteiger partial charge < -0.3 is 28.6 Å². The van der Waals surface area contributed by atoms with Crippen molar-refractivity contribution in [2.75, 3.05) is 0 Å². The zero-order chi connectivity index (χ0) is 10.2. The van der Waals surface area contributed by atoms with Crippen LogP contribution in [0.3, 0.4) is 0 Å². The molecule has 0 spiro atoms. The topological polar surface area (TPSA) is 110 Å². The molecule has 7 heteroatoms. The molecule has 1 aromatic carbocycles. The fraction of sp³-hybridized carbons (Fsp3) is 0. The number of hydrogen-bond donors (Lipinski definition) is 5. The molecule has 0 aliphatic heterocycles. The Balaban J connectivity index is 3.56. The second kappa shape index (κ2) is 3.24. The number of phenols is 5. The van der Waals surface area contributed by atoms with E-state index in [9.17, 15) is 0 Å². The molecule has 0 fully saturated rings. The quantitative estimate of drug-likeness (QED) is 0.300. The van der Waals surface area contributed by atoms with Gasteiger partial charge in [-0.1, -0.05) is 0 Å². The summed E-state index contributed by atoms with van der Waals surface area (Å²) < 4.78 is 4.43. The van der Waals surface area contributed by atoms with E-state index in [0.29, 0.717) is 0 Å². The molecule has 0 heterocycles. The molecule has 0 bridgehead atoms. The molecule has 13 heavy (non-hydrogen) atoms. The number of rotatable bonds is 1. The van der Waals surface area contributed by atoms with Gasteiger partial charge in [0, 0.05) is 0 Å². The highest BCUT2D eigenvalue weighted by Gasteiger charge is 2.24. The number of aromatic hydroxyl groups is 5. The van der Waals surface area contributed by atoms with Gasteiger partial charge in [0.05, 0.1) is 0 Å². The van der Waals surface area contributed by atoms with Crippen LogP contribution in [0.15, 0.2) is 0 Å². The Labute approximate surface area is 86.3 Å². The first-order valence-corrected chi connectivity index (χ1v) is 3.86. The molecule has 6 nitrogen and oxygen atoms in total. The van der Waals surface area contributed by atoms with Crippen molar-refractivity contribution in [3.63, 3.8) is 0 Å². The molecule has 1 rings (SSSR count). The van der Waals surface area contributed by atoms with E-state index < -0.39 is 34.5 Å². The minimum absolute atomic E-state index is 0.520. The van der Waals surface area contributed by atoms with Gasteiger partial charge in [-0.25, -0.2) is 0 Å². The molecule has 0 unspecified atom stereocenters. The Hall–Kier alpha value is -1.25. The minimum atomic E-state index is -1.01. The zero-order valence-electron chi connectivity index (χ0n) is 6.02. The second-order valence-corrected chi connectivity index (χ2v) is 2.59. The van der Waals surface area contributed by atoms with Gasteiger partial charge in [-0.15, -0.1) is 0 Å². The standard InChI is InChI=1S/C6H5IO6/c7-13-6-4(11)2(9)1(8)3(10)5(6)12/h8-12H. The largest absolute Gasteiger partial charge is 0.502 e. The van der Waals surface area contributed by atoms with Gasteiger partial charge in [0.15, 0.2) is 23.0 Å². The Bertz CT molecular complexity index is 320. The van der Waals surface area contributed by atoms with Gasteiger partial charge in [-0.2, -0.15) is 0 Å². The van der Waals surface area contributed by atoms with E-state index >= 15 is 0 Å². The molecule has 0 atom stereocenters. The number of hydrogen-bond acceptors (Lipinski definition) is 6. The lowest BCUT2D eigenvalue weighted by Crippen LogP contribution is -1.81. The van der Waals surface area contributed by atoms with Crippen LogP contribution in [0.4, 0.5) is 0 Å². The molecule has 0 aliphatic carbocycles. The van der Waals surface area contributed by atoms with Crippen molar-refractivity contribution in [1.29, 1.82) is 0 Å². The first-order valence-electron chi connectivity index (χ1n) is 2.98. The lowest BCUT2D eigenvalue weighted by molar-refractivity contribution is 0.320. The van der Waals surface area contributed by atoms with E-state index in [0.717, 1.165) is 0 Å². The molecular weight excluding hydrogens is 295 g/mol. The summed E-state index contributed by atoms with van der Waals surface area (Å²) in [6, 6.07) is 0. The van der Waals surface area contributed by atoms with Crippen LogP contribution in [0.5, 0.6) is 34.5 Å². The Morgan fingerprint density at radius 3 is 1.31 bits per heavy atom. The first kappa shape index (κ1) is 9.84. The summed E-state index contributed by atoms with van der Waals surface area (Å²) in [6.45, 7) is 0. The maximum atomic E-state index is 9.07. The maximum Gasteiger partial charge on any atom is 0.224 e. The smallest absolute Gasteiger partial charge is 0.224 e. The molecular formula is C6H5IO6. The average molecular weight is 300 g/mol. The third kappa shape index (κ3) is 1.34. The van der Waals surface area contributed by atoms with Crippen molar-refractivity contribution >= 4 is 23.0 Å². The molecule has 5 N–H and O–H groups in total. The van der Waals surface area contributed by atoms with Crippen LogP contribution in [-0.2, 0) is 0 Å². The van der Waals surface area contributed by atoms with Crippen molar-refractivity contribution in [3.05, 3.63) is 0 Å². The molecule has 0 saturated heterocycles. The Kier molecular flexibility index (Phi) is 2.45. The average Bonchev–Trinajstić information content (AvgIpc) is 2.13. The predicted molar refractivity (Wildman–Crippen MR) is 49.4 cm³/mol. The fourth-order valence-electron chi connectivity index (χ4n) is 0.737. The zero-order valence-corrected chi connectivity index (χ0v) is 8.18. The van der Waals surface area contributed by atoms with Crippen molar-refractivity contribution in [3.8, 4) is 34.5 Å². The van der Waals surface area contributed by atoms with E-state index in [1.165, 1.54) is 23.0 Å². The van der Waals surface area contributed by atoms with E-state index in [2.05, 4.69) is 3.07 Å². The highest BCUT2D eigenvalue weighted by atomic mass is 127. The van der Waals surface area contributed by atoms with Crippen molar-refractivity contribution in [2.45, 2.75) is 0 Å². The monoisotopic (exact) mass is 300 g/mol. The van der Waals surface area contributed by atoms with Crippen molar-refractivity contribution < 1.29 is 28.6 Å². The van der Waals surface area contributed by atoms with Gasteiger partial charge in [-0.05, 0) is 0 Å². The summed E-state index contributed by atoms with van der Waals surface area (Å²) in [4.78, 5) is 0. The summed E-state index contributed by atoms with van der Waals surface area (Å²) >= 11 is 1.33. The molecule has 0 aromatic heterocycles. The predicted octanol–water partition coefficient (Wildman–Crippen LogP) is 0.943. The maximum absolute atomic E-state index is 9.07. The van der Waals surface area contributed by atoms with Crippen molar-refractivity contribution in [1.82, 2.24) is 0 Å². The summed E-state index contributed by atoms with van der Waals surface area (Å²) in [6.07, 6.45) is 0. The first-order chi connectivity index (χ1) is 6.00. The fourth-order valence-corrected chi connectivity index (χ4v) is 1.15. The summed E-state index contributed by atoms with van der Waals surface area (Å²) in [5, 5.41) is 45.0. The molecule has 0 amide bonds. The van der Waals surface area contributed by atoms with Crippen LogP contribution in [0.1, 0.15) is 0 Å². The SMILES string of the molecule is Oc1c(O)c(O)c(OI)c(O)c1O. The van der Waals surface area contributed by atoms with Gasteiger partial charge in [0.2, 0.25) is 34.5 Å². The molecule has 0 radical (unpaired) electrons. The summed E-state index contributed by atoms with van der Waals surface area (Å²) in [5.41, 5.74) is 0. The molecule has 72 valence electrons. The van der Waals surface area contributed by atoms with Crippen LogP contribution >= 0.6 is 23.0 Å². The van der Waals surface area contributed by atoms with Crippen LogP contribution < -0.4 is 3.07 Å². The highest BCUT2D eigenvalue weighted by Crippen LogP contribution is 2.55. The second-order valence-electron chi connectivity index (χ2n) is 2.15. The van der Waals surface area contributed by atoms with Crippen molar-refractivity contribution in [2.24, 2.45) is 0 Å². The Morgan fingerprint density at radius 1 is 0.692 bits per heavy atom. The normalized spacial score (nSPS) is 9.92. The lowest BCUT2D eigenvalue weighted by Gasteiger charge is -2.08.